The van der Waals surface area contributed by atoms with E-state index in [1.807, 2.05) is 13.1 Å². The number of aliphatic imine (C=N–C) groups is 1. The van der Waals surface area contributed by atoms with Crippen LogP contribution in [0.3, 0.4) is 0 Å². The molecule has 3 N–H and O–H groups in total. The van der Waals surface area contributed by atoms with E-state index in [1.165, 1.54) is 4.88 Å². The number of rotatable bonds is 6. The van der Waals surface area contributed by atoms with Crippen LogP contribution in [0.1, 0.15) is 30.2 Å². The van der Waals surface area contributed by atoms with E-state index in [-0.39, 0.29) is 0 Å². The zero-order chi connectivity index (χ0) is 15.1. The van der Waals surface area contributed by atoms with Crippen LogP contribution in [0.25, 0.3) is 0 Å². The topological polar surface area (TPSA) is 69.5 Å². The van der Waals surface area contributed by atoms with Gasteiger partial charge in [0.15, 0.2) is 5.96 Å². The number of hydrogen-bond donors (Lipinski definition) is 3. The lowest BCUT2D eigenvalue weighted by Crippen LogP contribution is -2.47. The highest BCUT2D eigenvalue weighted by Gasteiger charge is 2.31. The summed E-state index contributed by atoms with van der Waals surface area (Å²) in [6.45, 7) is 6.09. The van der Waals surface area contributed by atoms with Crippen molar-refractivity contribution in [2.24, 2.45) is 4.99 Å². The summed E-state index contributed by atoms with van der Waals surface area (Å²) in [5.41, 5.74) is -0.600. The molecule has 0 saturated carbocycles. The van der Waals surface area contributed by atoms with Gasteiger partial charge in [0.05, 0.1) is 12.1 Å². The first-order valence-corrected chi connectivity index (χ1v) is 9.38. The highest BCUT2D eigenvalue weighted by atomic mass is 32.2. The van der Waals surface area contributed by atoms with Gasteiger partial charge in [-0.2, -0.15) is 11.8 Å². The average molecular weight is 329 g/mol. The molecule has 118 valence electrons. The van der Waals surface area contributed by atoms with E-state index in [1.54, 1.807) is 23.1 Å². The number of guanidine groups is 1. The molecule has 1 fully saturated rings. The van der Waals surface area contributed by atoms with E-state index in [0.717, 1.165) is 41.9 Å². The summed E-state index contributed by atoms with van der Waals surface area (Å²) in [4.78, 5) is 10.2. The minimum absolute atomic E-state index is 0.546. The Morgan fingerprint density at radius 1 is 1.48 bits per heavy atom. The number of aromatic nitrogens is 1. The van der Waals surface area contributed by atoms with E-state index < -0.39 is 5.60 Å². The molecule has 1 unspecified atom stereocenters. The molecule has 1 aliphatic heterocycles. The molecule has 0 amide bonds. The summed E-state index contributed by atoms with van der Waals surface area (Å²) >= 11 is 3.51. The molecule has 0 spiro atoms. The van der Waals surface area contributed by atoms with Gasteiger partial charge in [0, 0.05) is 29.9 Å². The molecule has 0 bridgehead atoms. The van der Waals surface area contributed by atoms with Crippen LogP contribution in [0.2, 0.25) is 0 Å². The molecule has 0 aliphatic carbocycles. The average Bonchev–Trinajstić information content (AvgIpc) is 3.11. The lowest BCUT2D eigenvalue weighted by molar-refractivity contribution is 0.0724. The predicted molar refractivity (Wildman–Crippen MR) is 91.2 cm³/mol. The maximum absolute atomic E-state index is 10.4. The molecule has 0 aromatic carbocycles. The monoisotopic (exact) mass is 328 g/mol. The van der Waals surface area contributed by atoms with Crippen molar-refractivity contribution >= 4 is 29.1 Å². The van der Waals surface area contributed by atoms with Gasteiger partial charge in [-0.3, -0.25) is 0 Å². The Bertz CT molecular complexity index is 469. The number of aryl methyl sites for hydroxylation is 1. The van der Waals surface area contributed by atoms with Gasteiger partial charge in [-0.25, -0.2) is 9.98 Å². The smallest absolute Gasteiger partial charge is 0.191 e. The fraction of sp³-hybridized carbons (Fsp3) is 0.714. The van der Waals surface area contributed by atoms with E-state index in [0.29, 0.717) is 13.1 Å². The third-order valence-electron chi connectivity index (χ3n) is 3.33. The summed E-state index contributed by atoms with van der Waals surface area (Å²) in [5, 5.41) is 17.8. The standard InChI is InChI=1S/C14H24N4OS2/c1-3-11-7-16-12(21-11)8-17-13(15-4-2)18-9-14(19)5-6-20-10-14/h7,19H,3-6,8-10H2,1-2H3,(H2,15,17,18). The van der Waals surface area contributed by atoms with Crippen molar-refractivity contribution in [3.63, 3.8) is 0 Å². The Balaban J connectivity index is 1.89. The number of nitrogens with one attached hydrogen (secondary N) is 2. The molecule has 1 aromatic heterocycles. The Morgan fingerprint density at radius 2 is 2.33 bits per heavy atom. The van der Waals surface area contributed by atoms with Crippen LogP contribution in [0.4, 0.5) is 0 Å². The largest absolute Gasteiger partial charge is 0.387 e. The Kier molecular flexibility index (Phi) is 6.32. The molecular formula is C14H24N4OS2. The Labute approximate surface area is 134 Å². The highest BCUT2D eigenvalue weighted by molar-refractivity contribution is 7.99. The first-order valence-electron chi connectivity index (χ1n) is 7.41. The molecule has 0 radical (unpaired) electrons. The molecule has 21 heavy (non-hydrogen) atoms. The minimum Gasteiger partial charge on any atom is -0.387 e. The number of nitrogens with zero attached hydrogens (tertiary/aromatic N) is 2. The Hall–Kier alpha value is -0.790. The molecule has 1 aliphatic rings. The summed E-state index contributed by atoms with van der Waals surface area (Å²) in [5.74, 6) is 2.58. The molecule has 2 heterocycles. The summed E-state index contributed by atoms with van der Waals surface area (Å²) in [6.07, 6.45) is 3.79. The zero-order valence-corrected chi connectivity index (χ0v) is 14.3. The van der Waals surface area contributed by atoms with Gasteiger partial charge >= 0.3 is 0 Å². The van der Waals surface area contributed by atoms with Gasteiger partial charge in [0.2, 0.25) is 0 Å². The normalized spacial score (nSPS) is 22.5. The van der Waals surface area contributed by atoms with E-state index in [9.17, 15) is 5.11 Å². The van der Waals surface area contributed by atoms with E-state index in [2.05, 4.69) is 27.5 Å². The maximum Gasteiger partial charge on any atom is 0.191 e. The fourth-order valence-electron chi connectivity index (χ4n) is 2.06. The van der Waals surface area contributed by atoms with Crippen LogP contribution in [0.5, 0.6) is 0 Å². The number of thiazole rings is 1. The number of aliphatic hydroxyl groups is 1. The van der Waals surface area contributed by atoms with Crippen LogP contribution in [-0.4, -0.2) is 46.2 Å². The highest BCUT2D eigenvalue weighted by Crippen LogP contribution is 2.26. The summed E-state index contributed by atoms with van der Waals surface area (Å²) in [7, 11) is 0. The van der Waals surface area contributed by atoms with Crippen LogP contribution < -0.4 is 10.6 Å². The molecule has 1 saturated heterocycles. The van der Waals surface area contributed by atoms with Gasteiger partial charge in [0.1, 0.15) is 5.01 Å². The lowest BCUT2D eigenvalue weighted by Gasteiger charge is -2.23. The molecular weight excluding hydrogens is 304 g/mol. The predicted octanol–water partition coefficient (Wildman–Crippen LogP) is 1.63. The molecule has 5 nitrogen and oxygen atoms in total. The third kappa shape index (κ3) is 5.16. The molecule has 1 aromatic rings. The zero-order valence-electron chi connectivity index (χ0n) is 12.7. The van der Waals surface area contributed by atoms with E-state index >= 15 is 0 Å². The van der Waals surface area contributed by atoms with Crippen molar-refractivity contribution in [2.75, 3.05) is 24.6 Å². The quantitative estimate of drug-likeness (QED) is 0.547. The van der Waals surface area contributed by atoms with Crippen molar-refractivity contribution in [3.8, 4) is 0 Å². The van der Waals surface area contributed by atoms with Crippen LogP contribution >= 0.6 is 23.1 Å². The number of hydrogen-bond acceptors (Lipinski definition) is 5. The minimum atomic E-state index is -0.600. The summed E-state index contributed by atoms with van der Waals surface area (Å²) < 4.78 is 0. The first-order chi connectivity index (χ1) is 10.1. The van der Waals surface area contributed by atoms with Crippen molar-refractivity contribution in [2.45, 2.75) is 38.8 Å². The van der Waals surface area contributed by atoms with Gasteiger partial charge in [0.25, 0.3) is 0 Å². The second-order valence-electron chi connectivity index (χ2n) is 5.15. The van der Waals surface area contributed by atoms with Crippen molar-refractivity contribution in [3.05, 3.63) is 16.1 Å². The molecule has 7 heteroatoms. The lowest BCUT2D eigenvalue weighted by atomic mass is 10.0. The first kappa shape index (κ1) is 16.6. The third-order valence-corrected chi connectivity index (χ3v) is 5.69. The van der Waals surface area contributed by atoms with Gasteiger partial charge in [-0.15, -0.1) is 11.3 Å². The molecule has 1 atom stereocenters. The summed E-state index contributed by atoms with van der Waals surface area (Å²) in [6, 6.07) is 0. The van der Waals surface area contributed by atoms with Gasteiger partial charge in [-0.1, -0.05) is 6.92 Å². The fourth-order valence-corrected chi connectivity index (χ4v) is 4.14. The maximum atomic E-state index is 10.4. The van der Waals surface area contributed by atoms with Crippen LogP contribution in [-0.2, 0) is 13.0 Å². The van der Waals surface area contributed by atoms with Crippen molar-refractivity contribution in [1.29, 1.82) is 0 Å². The van der Waals surface area contributed by atoms with Crippen LogP contribution in [0, 0.1) is 0 Å². The van der Waals surface area contributed by atoms with Gasteiger partial charge < -0.3 is 15.7 Å². The van der Waals surface area contributed by atoms with Crippen molar-refractivity contribution in [1.82, 2.24) is 15.6 Å². The molecule has 2 rings (SSSR count). The Morgan fingerprint density at radius 3 is 2.95 bits per heavy atom. The second-order valence-corrected chi connectivity index (χ2v) is 7.45. The van der Waals surface area contributed by atoms with Gasteiger partial charge in [-0.05, 0) is 25.5 Å². The second kappa shape index (κ2) is 8.00. The SMILES string of the molecule is CCNC(=NCc1ncc(CC)s1)NCC1(O)CCSC1. The van der Waals surface area contributed by atoms with E-state index in [4.69, 9.17) is 0 Å². The number of thioether (sulfide) groups is 1. The van der Waals surface area contributed by atoms with Crippen LogP contribution in [0.15, 0.2) is 11.2 Å². The van der Waals surface area contributed by atoms with Crippen molar-refractivity contribution < 1.29 is 5.11 Å².